The van der Waals surface area contributed by atoms with Crippen molar-refractivity contribution in [1.29, 1.82) is 0 Å². The molecule has 0 aliphatic carbocycles. The number of carbonyl (C=O) groups is 1. The number of rotatable bonds is 3. The molecular formula is C14H18O2. The van der Waals surface area contributed by atoms with Gasteiger partial charge in [0.25, 0.3) is 0 Å². The minimum atomic E-state index is 0.141. The fourth-order valence-electron chi connectivity index (χ4n) is 2.03. The van der Waals surface area contributed by atoms with Crippen molar-refractivity contribution in [3.63, 3.8) is 0 Å². The van der Waals surface area contributed by atoms with Crippen molar-refractivity contribution in [2.24, 2.45) is 0 Å². The first-order chi connectivity index (χ1) is 7.75. The lowest BCUT2D eigenvalue weighted by atomic mass is 9.99. The van der Waals surface area contributed by atoms with Crippen LogP contribution in [0.4, 0.5) is 0 Å². The van der Waals surface area contributed by atoms with Crippen LogP contribution in [0.2, 0.25) is 0 Å². The first-order valence-electron chi connectivity index (χ1n) is 5.97. The van der Waals surface area contributed by atoms with Crippen LogP contribution in [0.1, 0.15) is 41.6 Å². The highest BCUT2D eigenvalue weighted by molar-refractivity contribution is 5.96. The van der Waals surface area contributed by atoms with Crippen LogP contribution in [0.5, 0.6) is 0 Å². The number of ether oxygens (including phenoxy) is 1. The molecule has 0 radical (unpaired) electrons. The van der Waals surface area contributed by atoms with Gasteiger partial charge in [-0.05, 0) is 26.2 Å². The predicted octanol–water partition coefficient (Wildman–Crippen LogP) is 3.14. The minimum absolute atomic E-state index is 0.141. The Kier molecular flexibility index (Phi) is 3.73. The van der Waals surface area contributed by atoms with Crippen molar-refractivity contribution in [1.82, 2.24) is 0 Å². The Morgan fingerprint density at radius 2 is 2.06 bits per heavy atom. The van der Waals surface area contributed by atoms with E-state index in [1.54, 1.807) is 0 Å². The van der Waals surface area contributed by atoms with Gasteiger partial charge in [0.05, 0.1) is 6.10 Å². The summed E-state index contributed by atoms with van der Waals surface area (Å²) in [6, 6.07) is 7.77. The Morgan fingerprint density at radius 3 is 2.69 bits per heavy atom. The van der Waals surface area contributed by atoms with E-state index in [1.165, 1.54) is 12.0 Å². The average Bonchev–Trinajstić information content (AvgIpc) is 2.31. The normalized spacial score (nSPS) is 20.7. The summed E-state index contributed by atoms with van der Waals surface area (Å²) in [5, 5.41) is 0. The smallest absolute Gasteiger partial charge is 0.165 e. The first kappa shape index (κ1) is 11.3. The number of benzene rings is 1. The van der Waals surface area contributed by atoms with Crippen LogP contribution in [-0.2, 0) is 4.74 Å². The van der Waals surface area contributed by atoms with Crippen LogP contribution in [-0.4, -0.2) is 18.5 Å². The lowest BCUT2D eigenvalue weighted by Gasteiger charge is -2.21. The molecule has 2 nitrogen and oxygen atoms in total. The number of aryl methyl sites for hydroxylation is 1. The zero-order valence-corrected chi connectivity index (χ0v) is 9.74. The monoisotopic (exact) mass is 218 g/mol. The van der Waals surface area contributed by atoms with Gasteiger partial charge in [0.2, 0.25) is 0 Å². The average molecular weight is 218 g/mol. The molecule has 2 heteroatoms. The van der Waals surface area contributed by atoms with Crippen LogP contribution in [0.15, 0.2) is 24.3 Å². The third-order valence-electron chi connectivity index (χ3n) is 3.06. The van der Waals surface area contributed by atoms with E-state index in [9.17, 15) is 4.79 Å². The molecular weight excluding hydrogens is 200 g/mol. The molecule has 0 saturated carbocycles. The third kappa shape index (κ3) is 2.92. The molecule has 1 aliphatic rings. The summed E-state index contributed by atoms with van der Waals surface area (Å²) in [7, 11) is 0. The van der Waals surface area contributed by atoms with Gasteiger partial charge in [0, 0.05) is 18.6 Å². The molecule has 16 heavy (non-hydrogen) atoms. The van der Waals surface area contributed by atoms with Crippen LogP contribution >= 0.6 is 0 Å². The van der Waals surface area contributed by atoms with Gasteiger partial charge in [-0.2, -0.15) is 0 Å². The molecule has 0 bridgehead atoms. The quantitative estimate of drug-likeness (QED) is 0.728. The van der Waals surface area contributed by atoms with Crippen molar-refractivity contribution >= 4 is 5.78 Å². The Hall–Kier alpha value is -1.15. The molecule has 1 aliphatic heterocycles. The first-order valence-corrected chi connectivity index (χ1v) is 5.97. The Bertz CT molecular complexity index is 348. The van der Waals surface area contributed by atoms with Crippen LogP contribution in [0.3, 0.4) is 0 Å². The highest BCUT2D eigenvalue weighted by Crippen LogP contribution is 2.18. The predicted molar refractivity (Wildman–Crippen MR) is 63.7 cm³/mol. The van der Waals surface area contributed by atoms with E-state index in [4.69, 9.17) is 4.74 Å². The lowest BCUT2D eigenvalue weighted by molar-refractivity contribution is 0.0129. The minimum Gasteiger partial charge on any atom is -0.378 e. The molecule has 0 aromatic heterocycles. The Balaban J connectivity index is 1.94. The summed E-state index contributed by atoms with van der Waals surface area (Å²) in [6.45, 7) is 2.84. The van der Waals surface area contributed by atoms with Crippen molar-refractivity contribution in [3.8, 4) is 0 Å². The number of Topliss-reactive ketones (excluding diaryl/α,β-unsaturated/α-hetero) is 1. The van der Waals surface area contributed by atoms with E-state index < -0.39 is 0 Å². The van der Waals surface area contributed by atoms with E-state index in [1.807, 2.05) is 31.2 Å². The fourth-order valence-corrected chi connectivity index (χ4v) is 2.03. The molecule has 2 rings (SSSR count). The van der Waals surface area contributed by atoms with Gasteiger partial charge in [-0.1, -0.05) is 29.8 Å². The highest BCUT2D eigenvalue weighted by atomic mass is 16.5. The van der Waals surface area contributed by atoms with Crippen molar-refractivity contribution in [3.05, 3.63) is 35.4 Å². The molecule has 86 valence electrons. The Morgan fingerprint density at radius 1 is 1.31 bits per heavy atom. The van der Waals surface area contributed by atoms with Gasteiger partial charge in [-0.15, -0.1) is 0 Å². The number of hydrogen-bond donors (Lipinski definition) is 0. The molecule has 0 unspecified atom stereocenters. The maximum absolute atomic E-state index is 11.9. The molecule has 0 N–H and O–H groups in total. The molecule has 1 atom stereocenters. The summed E-state index contributed by atoms with van der Waals surface area (Å²) in [5.74, 6) is 0.201. The van der Waals surface area contributed by atoms with Gasteiger partial charge >= 0.3 is 0 Å². The van der Waals surface area contributed by atoms with Gasteiger partial charge < -0.3 is 4.74 Å². The lowest BCUT2D eigenvalue weighted by Crippen LogP contribution is -2.22. The largest absolute Gasteiger partial charge is 0.378 e. The summed E-state index contributed by atoms with van der Waals surface area (Å²) in [5.41, 5.74) is 1.99. The molecule has 1 saturated heterocycles. The second-order valence-corrected chi connectivity index (χ2v) is 4.48. The van der Waals surface area contributed by atoms with Crippen molar-refractivity contribution in [2.45, 2.75) is 38.7 Å². The molecule has 0 spiro atoms. The highest BCUT2D eigenvalue weighted by Gasteiger charge is 2.18. The number of hydrogen-bond acceptors (Lipinski definition) is 2. The van der Waals surface area contributed by atoms with Crippen LogP contribution in [0.25, 0.3) is 0 Å². The van der Waals surface area contributed by atoms with Crippen LogP contribution < -0.4 is 0 Å². The fraction of sp³-hybridized carbons (Fsp3) is 0.500. The van der Waals surface area contributed by atoms with E-state index in [0.29, 0.717) is 6.42 Å². The summed E-state index contributed by atoms with van der Waals surface area (Å²) < 4.78 is 5.57. The summed E-state index contributed by atoms with van der Waals surface area (Å²) in [6.07, 6.45) is 4.02. The molecule has 1 aromatic carbocycles. The zero-order valence-electron chi connectivity index (χ0n) is 9.74. The third-order valence-corrected chi connectivity index (χ3v) is 3.06. The van der Waals surface area contributed by atoms with E-state index in [0.717, 1.165) is 25.0 Å². The van der Waals surface area contributed by atoms with Gasteiger partial charge in [-0.3, -0.25) is 4.79 Å². The second kappa shape index (κ2) is 5.26. The zero-order chi connectivity index (χ0) is 11.4. The maximum Gasteiger partial charge on any atom is 0.165 e. The molecule has 1 fully saturated rings. The van der Waals surface area contributed by atoms with Gasteiger partial charge in [-0.25, -0.2) is 0 Å². The second-order valence-electron chi connectivity index (χ2n) is 4.48. The SMILES string of the molecule is Cc1ccc(C(=O)C[C@H]2CCCCO2)cc1. The molecule has 1 aromatic rings. The number of ketones is 1. The molecule has 0 amide bonds. The summed E-state index contributed by atoms with van der Waals surface area (Å²) >= 11 is 0. The van der Waals surface area contributed by atoms with E-state index in [-0.39, 0.29) is 11.9 Å². The Labute approximate surface area is 96.6 Å². The number of carbonyl (C=O) groups excluding carboxylic acids is 1. The topological polar surface area (TPSA) is 26.3 Å². The van der Waals surface area contributed by atoms with Crippen molar-refractivity contribution in [2.75, 3.05) is 6.61 Å². The standard InChI is InChI=1S/C14H18O2/c1-11-5-7-12(8-6-11)14(15)10-13-4-2-3-9-16-13/h5-8,13H,2-4,9-10H2,1H3/t13-/m1/s1. The molecule has 1 heterocycles. The van der Waals surface area contributed by atoms with E-state index in [2.05, 4.69) is 0 Å². The van der Waals surface area contributed by atoms with Gasteiger partial charge in [0.1, 0.15) is 0 Å². The maximum atomic E-state index is 11.9. The summed E-state index contributed by atoms with van der Waals surface area (Å²) in [4.78, 5) is 11.9. The van der Waals surface area contributed by atoms with Crippen LogP contribution in [0, 0.1) is 6.92 Å². The van der Waals surface area contributed by atoms with E-state index >= 15 is 0 Å². The van der Waals surface area contributed by atoms with Gasteiger partial charge in [0.15, 0.2) is 5.78 Å². The van der Waals surface area contributed by atoms with Crippen molar-refractivity contribution < 1.29 is 9.53 Å².